The van der Waals surface area contributed by atoms with Crippen LogP contribution < -0.4 is 10.6 Å². The molecule has 59 heavy (non-hydrogen) atoms. The summed E-state index contributed by atoms with van der Waals surface area (Å²) in [5, 5.41) is 5.25. The van der Waals surface area contributed by atoms with Crippen molar-refractivity contribution in [2.75, 3.05) is 39.2 Å². The predicted molar refractivity (Wildman–Crippen MR) is 228 cm³/mol. The molecule has 0 spiro atoms. The Morgan fingerprint density at radius 3 is 2.34 bits per heavy atom. The highest BCUT2D eigenvalue weighted by Crippen LogP contribution is 2.30. The van der Waals surface area contributed by atoms with Crippen LogP contribution in [0.2, 0.25) is 25.7 Å². The number of hydrogen-bond donors (Lipinski definition) is 2. The fourth-order valence-corrected chi connectivity index (χ4v) is 6.05. The number of aromatic nitrogens is 2. The molecule has 0 fully saturated rings. The van der Waals surface area contributed by atoms with Gasteiger partial charge in [0.1, 0.15) is 31.4 Å². The first-order valence-corrected chi connectivity index (χ1v) is 23.0. The molecule has 0 aliphatic carbocycles. The van der Waals surface area contributed by atoms with E-state index in [1.54, 1.807) is 40.0 Å². The van der Waals surface area contributed by atoms with E-state index in [2.05, 4.69) is 42.1 Å². The maximum atomic E-state index is 12.7. The minimum absolute atomic E-state index is 0.0159. The Labute approximate surface area is 347 Å². The van der Waals surface area contributed by atoms with Crippen LogP contribution in [0, 0.1) is 11.8 Å². The fourth-order valence-electron chi connectivity index (χ4n) is 5.30. The van der Waals surface area contributed by atoms with Gasteiger partial charge in [0.2, 0.25) is 0 Å². The van der Waals surface area contributed by atoms with Crippen molar-refractivity contribution < 1.29 is 42.9 Å². The van der Waals surface area contributed by atoms with E-state index in [1.807, 2.05) is 71.4 Å². The number of benzene rings is 3. The summed E-state index contributed by atoms with van der Waals surface area (Å²) >= 11 is 0. The molecule has 14 nitrogen and oxygen atoms in total. The molecule has 4 aromatic rings. The summed E-state index contributed by atoms with van der Waals surface area (Å²) in [6.45, 7) is 13.3. The average molecular weight is 826 g/mol. The second kappa shape index (κ2) is 21.6. The fraction of sp³-hybridized carbons (Fsp3) is 0.386. The van der Waals surface area contributed by atoms with Gasteiger partial charge in [-0.15, -0.1) is 0 Å². The summed E-state index contributed by atoms with van der Waals surface area (Å²) in [4.78, 5) is 55.7. The maximum absolute atomic E-state index is 12.7. The topological polar surface area (TPSA) is 160 Å². The Morgan fingerprint density at radius 1 is 0.898 bits per heavy atom. The number of carbonyl (C=O) groups excluding carboxylic acids is 4. The highest BCUT2D eigenvalue weighted by atomic mass is 28.3. The zero-order valence-corrected chi connectivity index (χ0v) is 36.2. The molecule has 0 saturated heterocycles. The normalized spacial score (nSPS) is 11.1. The Morgan fingerprint density at radius 2 is 1.63 bits per heavy atom. The maximum Gasteiger partial charge on any atom is 0.411 e. The largest absolute Gasteiger partial charge is 0.461 e. The molecule has 0 atom stereocenters. The second-order valence-corrected chi connectivity index (χ2v) is 21.5. The SMILES string of the molecule is COC(=O)Nc1ccc(-c2cn(COCC[Si](C)(C)C)c(-c3cccc(COC(=O)CCNC(=O)OC(C)(C)C)c3)n2)c(C#CCN(C)C(=O)OCc2ccccc2)c1. The molecule has 15 heteroatoms. The Hall–Kier alpha value is -6.11. The highest BCUT2D eigenvalue weighted by molar-refractivity contribution is 6.76. The van der Waals surface area contributed by atoms with Crippen LogP contribution >= 0.6 is 0 Å². The third-order valence-electron chi connectivity index (χ3n) is 8.37. The number of amides is 3. The molecular weight excluding hydrogens is 771 g/mol. The Bertz CT molecular complexity index is 2110. The van der Waals surface area contributed by atoms with Crippen molar-refractivity contribution in [3.63, 3.8) is 0 Å². The number of nitrogens with one attached hydrogen (secondary N) is 2. The van der Waals surface area contributed by atoms with Crippen molar-refractivity contribution in [3.8, 4) is 34.5 Å². The molecule has 0 aliphatic heterocycles. The molecule has 0 unspecified atom stereocenters. The summed E-state index contributed by atoms with van der Waals surface area (Å²) in [5.74, 6) is 6.36. The lowest BCUT2D eigenvalue weighted by Gasteiger charge is -2.19. The smallest absolute Gasteiger partial charge is 0.411 e. The molecule has 2 N–H and O–H groups in total. The lowest BCUT2D eigenvalue weighted by atomic mass is 10.0. The van der Waals surface area contributed by atoms with Gasteiger partial charge in [-0.25, -0.2) is 19.4 Å². The number of hydrogen-bond acceptors (Lipinski definition) is 10. The molecular formula is C44H55N5O9Si. The number of alkyl carbamates (subject to hydrolysis) is 1. The molecule has 0 bridgehead atoms. The zero-order valence-electron chi connectivity index (χ0n) is 35.2. The minimum Gasteiger partial charge on any atom is -0.461 e. The summed E-state index contributed by atoms with van der Waals surface area (Å²) in [5.41, 5.74) is 3.99. The lowest BCUT2D eigenvalue weighted by Crippen LogP contribution is -2.33. The second-order valence-electron chi connectivity index (χ2n) is 15.9. The van der Waals surface area contributed by atoms with E-state index in [0.717, 1.165) is 22.7 Å². The van der Waals surface area contributed by atoms with Crippen molar-refractivity contribution in [3.05, 3.63) is 95.7 Å². The van der Waals surface area contributed by atoms with Gasteiger partial charge in [-0.3, -0.25) is 10.1 Å². The van der Waals surface area contributed by atoms with Crippen LogP contribution in [0.4, 0.5) is 20.1 Å². The van der Waals surface area contributed by atoms with Gasteiger partial charge in [-0.05, 0) is 62.2 Å². The molecule has 4 rings (SSSR count). The van der Waals surface area contributed by atoms with Crippen LogP contribution in [0.5, 0.6) is 0 Å². The number of methoxy groups -OCH3 is 1. The number of rotatable bonds is 16. The van der Waals surface area contributed by atoms with Crippen molar-refractivity contribution in [1.29, 1.82) is 0 Å². The van der Waals surface area contributed by atoms with Gasteiger partial charge in [0, 0.05) is 56.8 Å². The Kier molecular flexibility index (Phi) is 16.7. The van der Waals surface area contributed by atoms with Crippen LogP contribution in [0.15, 0.2) is 79.0 Å². The molecule has 0 radical (unpaired) electrons. The van der Waals surface area contributed by atoms with Gasteiger partial charge in [0.25, 0.3) is 0 Å². The van der Waals surface area contributed by atoms with Crippen LogP contribution in [0.1, 0.15) is 43.9 Å². The van der Waals surface area contributed by atoms with E-state index in [-0.39, 0.29) is 39.5 Å². The average Bonchev–Trinajstić information content (AvgIpc) is 3.61. The quantitative estimate of drug-likeness (QED) is 0.0370. The van der Waals surface area contributed by atoms with E-state index in [0.29, 0.717) is 34.9 Å². The van der Waals surface area contributed by atoms with Gasteiger partial charge in [0.05, 0.1) is 25.8 Å². The van der Waals surface area contributed by atoms with Crippen LogP contribution in [-0.4, -0.2) is 86.2 Å². The molecule has 1 aromatic heterocycles. The van der Waals surface area contributed by atoms with E-state index >= 15 is 0 Å². The van der Waals surface area contributed by atoms with E-state index < -0.39 is 37.9 Å². The molecule has 1 heterocycles. The van der Waals surface area contributed by atoms with E-state index in [1.165, 1.54) is 12.0 Å². The van der Waals surface area contributed by atoms with Gasteiger partial charge in [-0.2, -0.15) is 0 Å². The van der Waals surface area contributed by atoms with Crippen molar-refractivity contribution in [2.45, 2.75) is 78.4 Å². The number of carbonyl (C=O) groups is 4. The third kappa shape index (κ3) is 16.0. The predicted octanol–water partition coefficient (Wildman–Crippen LogP) is 8.29. The molecule has 3 amide bonds. The van der Waals surface area contributed by atoms with Crippen LogP contribution in [0.3, 0.4) is 0 Å². The zero-order chi connectivity index (χ0) is 43.0. The van der Waals surface area contributed by atoms with Crippen molar-refractivity contribution in [1.82, 2.24) is 19.8 Å². The van der Waals surface area contributed by atoms with Crippen molar-refractivity contribution >= 4 is 38.0 Å². The number of imidazole rings is 1. The summed E-state index contributed by atoms with van der Waals surface area (Å²) in [6.07, 6.45) is 0.108. The van der Waals surface area contributed by atoms with Crippen LogP contribution in [-0.2, 0) is 48.4 Å². The Balaban J connectivity index is 1.58. The first kappa shape index (κ1) is 45.6. The van der Waals surface area contributed by atoms with E-state index in [9.17, 15) is 19.2 Å². The standard InChI is InChI=1S/C44H55N5O9Si/c1-44(2,3)58-41(51)45-22-21-39(50)56-30-33-16-12-17-35(26-33)40-47-38(28-49(40)31-55-24-25-59(6,7)8)37-20-19-36(46-42(52)54-5)27-34(37)18-13-23-48(4)43(53)57-29-32-14-10-9-11-15-32/h9-12,14-17,19-20,26-28H,21-25,29-31H2,1-8H3,(H,45,51)(H,46,52). The summed E-state index contributed by atoms with van der Waals surface area (Å²) < 4.78 is 29.1. The van der Waals surface area contributed by atoms with Crippen LogP contribution in [0.25, 0.3) is 22.6 Å². The molecule has 0 saturated carbocycles. The van der Waals surface area contributed by atoms with Gasteiger partial charge in [0.15, 0.2) is 0 Å². The van der Waals surface area contributed by atoms with E-state index in [4.69, 9.17) is 28.7 Å². The molecule has 3 aromatic carbocycles. The van der Waals surface area contributed by atoms with Gasteiger partial charge in [-0.1, -0.05) is 80.0 Å². The summed E-state index contributed by atoms with van der Waals surface area (Å²) in [6, 6.07) is 23.2. The van der Waals surface area contributed by atoms with Crippen molar-refractivity contribution in [2.24, 2.45) is 0 Å². The molecule has 314 valence electrons. The third-order valence-corrected chi connectivity index (χ3v) is 10.1. The highest BCUT2D eigenvalue weighted by Gasteiger charge is 2.19. The van der Waals surface area contributed by atoms with Gasteiger partial charge >= 0.3 is 24.2 Å². The van der Waals surface area contributed by atoms with Gasteiger partial charge < -0.3 is 38.5 Å². The minimum atomic E-state index is -1.35. The number of ether oxygens (including phenoxy) is 5. The number of nitrogens with zero attached hydrogens (tertiary/aromatic N) is 3. The summed E-state index contributed by atoms with van der Waals surface area (Å²) in [7, 11) is 1.53. The molecule has 0 aliphatic rings. The first-order chi connectivity index (χ1) is 28.0. The monoisotopic (exact) mass is 825 g/mol. The lowest BCUT2D eigenvalue weighted by molar-refractivity contribution is -0.144. The number of esters is 1. The first-order valence-electron chi connectivity index (χ1n) is 19.3. The number of anilines is 1.